The number of hydrogen-bond donors (Lipinski definition) is 1. The number of halogens is 1. The molecule has 2 nitrogen and oxygen atoms in total. The maximum Gasteiger partial charge on any atom is 0.0437 e. The van der Waals surface area contributed by atoms with Gasteiger partial charge in [-0.05, 0) is 43.3 Å². The summed E-state index contributed by atoms with van der Waals surface area (Å²) in [6.45, 7) is 3.90. The lowest BCUT2D eigenvalue weighted by Crippen LogP contribution is -2.16. The molecule has 0 spiro atoms. The highest BCUT2D eigenvalue weighted by Crippen LogP contribution is 2.22. The molecule has 0 amide bonds. The molecule has 0 radical (unpaired) electrons. The number of benzene rings is 2. The third-order valence-corrected chi connectivity index (χ3v) is 4.12. The molecule has 1 N–H and O–H groups in total. The molecule has 0 heterocycles. The van der Waals surface area contributed by atoms with E-state index in [0.29, 0.717) is 0 Å². The Kier molecular flexibility index (Phi) is 5.21. The van der Waals surface area contributed by atoms with Crippen LogP contribution in [0.15, 0.2) is 46.9 Å². The first-order valence-electron chi connectivity index (χ1n) is 6.80. The molecule has 0 atom stereocenters. The van der Waals surface area contributed by atoms with Crippen LogP contribution in [0.4, 0.5) is 5.69 Å². The lowest BCUT2D eigenvalue weighted by molar-refractivity contribution is 0.815. The van der Waals surface area contributed by atoms with Crippen molar-refractivity contribution >= 4 is 21.6 Å². The average molecular weight is 333 g/mol. The van der Waals surface area contributed by atoms with Gasteiger partial charge >= 0.3 is 0 Å². The van der Waals surface area contributed by atoms with Crippen molar-refractivity contribution in [2.45, 2.75) is 20.0 Å². The van der Waals surface area contributed by atoms with Gasteiger partial charge in [-0.3, -0.25) is 0 Å². The van der Waals surface area contributed by atoms with E-state index in [0.717, 1.165) is 13.1 Å². The molecule has 0 aliphatic rings. The van der Waals surface area contributed by atoms with Gasteiger partial charge in [-0.1, -0.05) is 45.8 Å². The van der Waals surface area contributed by atoms with Crippen LogP contribution in [0.3, 0.4) is 0 Å². The molecule has 106 valence electrons. The zero-order valence-corrected chi connectivity index (χ0v) is 13.9. The Hall–Kier alpha value is -1.32. The Bertz CT molecular complexity index is 564. The Morgan fingerprint density at radius 1 is 1.10 bits per heavy atom. The van der Waals surface area contributed by atoms with Gasteiger partial charge in [0.2, 0.25) is 0 Å². The molecule has 0 fully saturated rings. The van der Waals surface area contributed by atoms with Crippen LogP contribution in [0.25, 0.3) is 0 Å². The summed E-state index contributed by atoms with van der Waals surface area (Å²) in [5, 5.41) is 3.17. The van der Waals surface area contributed by atoms with Crippen molar-refractivity contribution in [3.05, 3.63) is 63.6 Å². The number of nitrogens with one attached hydrogen (secondary N) is 1. The topological polar surface area (TPSA) is 15.3 Å². The van der Waals surface area contributed by atoms with Gasteiger partial charge in [0, 0.05) is 30.3 Å². The number of hydrogen-bond acceptors (Lipinski definition) is 2. The predicted octanol–water partition coefficient (Wildman–Crippen LogP) is 4.11. The minimum atomic E-state index is 0.892. The largest absolute Gasteiger partial charge is 0.370 e. The van der Waals surface area contributed by atoms with Crippen molar-refractivity contribution < 1.29 is 0 Å². The Labute approximate surface area is 129 Å². The van der Waals surface area contributed by atoms with Gasteiger partial charge in [0.15, 0.2) is 0 Å². The van der Waals surface area contributed by atoms with E-state index in [1.807, 2.05) is 7.05 Å². The fourth-order valence-corrected chi connectivity index (χ4v) is 2.73. The highest BCUT2D eigenvalue weighted by Gasteiger charge is 2.06. The van der Waals surface area contributed by atoms with Crippen molar-refractivity contribution in [2.24, 2.45) is 0 Å². The molecule has 0 unspecified atom stereocenters. The first kappa shape index (κ1) is 15.1. The van der Waals surface area contributed by atoms with Crippen LogP contribution in [-0.2, 0) is 13.1 Å². The maximum absolute atomic E-state index is 3.68. The van der Waals surface area contributed by atoms with Crippen LogP contribution in [0.2, 0.25) is 0 Å². The van der Waals surface area contributed by atoms with Crippen molar-refractivity contribution in [3.8, 4) is 0 Å². The first-order chi connectivity index (χ1) is 9.60. The second-order valence-electron chi connectivity index (χ2n) is 5.15. The van der Waals surface area contributed by atoms with Gasteiger partial charge < -0.3 is 10.2 Å². The van der Waals surface area contributed by atoms with Gasteiger partial charge in [0.05, 0.1) is 0 Å². The molecule has 2 aromatic rings. The first-order valence-corrected chi connectivity index (χ1v) is 7.59. The predicted molar refractivity (Wildman–Crippen MR) is 90.2 cm³/mol. The van der Waals surface area contributed by atoms with Crippen LogP contribution < -0.4 is 10.2 Å². The molecule has 2 aromatic carbocycles. The fraction of sp³-hybridized carbons (Fsp3) is 0.294. The number of anilines is 1. The molecule has 0 aromatic heterocycles. The summed E-state index contributed by atoms with van der Waals surface area (Å²) in [6, 6.07) is 15.2. The Balaban J connectivity index is 2.11. The number of rotatable bonds is 5. The molecule has 0 saturated heterocycles. The lowest BCUT2D eigenvalue weighted by Gasteiger charge is -2.20. The fourth-order valence-electron chi connectivity index (χ4n) is 2.18. The van der Waals surface area contributed by atoms with E-state index in [1.165, 1.54) is 26.9 Å². The maximum atomic E-state index is 3.68. The molecular formula is C17H21BrN2. The van der Waals surface area contributed by atoms with Crippen LogP contribution >= 0.6 is 15.9 Å². The van der Waals surface area contributed by atoms with Crippen molar-refractivity contribution in [1.29, 1.82) is 0 Å². The smallest absolute Gasteiger partial charge is 0.0437 e. The van der Waals surface area contributed by atoms with Crippen molar-refractivity contribution in [3.63, 3.8) is 0 Å². The molecule has 0 bridgehead atoms. The lowest BCUT2D eigenvalue weighted by atomic mass is 10.1. The second kappa shape index (κ2) is 6.91. The molecule has 0 aliphatic carbocycles. The monoisotopic (exact) mass is 332 g/mol. The van der Waals surface area contributed by atoms with E-state index in [9.17, 15) is 0 Å². The molecule has 20 heavy (non-hydrogen) atoms. The Morgan fingerprint density at radius 2 is 1.80 bits per heavy atom. The normalized spacial score (nSPS) is 10.6. The van der Waals surface area contributed by atoms with E-state index in [-0.39, 0.29) is 0 Å². The minimum absolute atomic E-state index is 0.892. The highest BCUT2D eigenvalue weighted by molar-refractivity contribution is 9.10. The van der Waals surface area contributed by atoms with E-state index in [2.05, 4.69) is 82.6 Å². The molecule has 0 aliphatic heterocycles. The zero-order chi connectivity index (χ0) is 14.5. The summed E-state index contributed by atoms with van der Waals surface area (Å²) in [6.07, 6.45) is 0. The van der Waals surface area contributed by atoms with Gasteiger partial charge in [-0.25, -0.2) is 0 Å². The third-order valence-electron chi connectivity index (χ3n) is 3.38. The van der Waals surface area contributed by atoms with E-state index < -0.39 is 0 Å². The SMILES string of the molecule is CNCc1ccc(CN(C)c2ccc(C)cc2)c(Br)c1. The van der Waals surface area contributed by atoms with Crippen LogP contribution in [0.5, 0.6) is 0 Å². The van der Waals surface area contributed by atoms with Gasteiger partial charge in [-0.15, -0.1) is 0 Å². The number of nitrogens with zero attached hydrogens (tertiary/aromatic N) is 1. The zero-order valence-electron chi connectivity index (χ0n) is 12.3. The quantitative estimate of drug-likeness (QED) is 0.886. The van der Waals surface area contributed by atoms with E-state index >= 15 is 0 Å². The molecular weight excluding hydrogens is 312 g/mol. The third kappa shape index (κ3) is 3.84. The summed E-state index contributed by atoms with van der Waals surface area (Å²) in [4.78, 5) is 2.26. The van der Waals surface area contributed by atoms with Gasteiger partial charge in [0.25, 0.3) is 0 Å². The van der Waals surface area contributed by atoms with Crippen LogP contribution in [0, 0.1) is 6.92 Å². The standard InChI is InChI=1S/C17H21BrN2/c1-13-4-8-16(9-5-13)20(3)12-15-7-6-14(11-19-2)10-17(15)18/h4-10,19H,11-12H2,1-3H3. The van der Waals surface area contributed by atoms with Gasteiger partial charge in [0.1, 0.15) is 0 Å². The van der Waals surface area contributed by atoms with Crippen LogP contribution in [-0.4, -0.2) is 14.1 Å². The minimum Gasteiger partial charge on any atom is -0.370 e. The average Bonchev–Trinajstić information content (AvgIpc) is 2.43. The summed E-state index contributed by atoms with van der Waals surface area (Å²) >= 11 is 3.68. The Morgan fingerprint density at radius 3 is 2.40 bits per heavy atom. The van der Waals surface area contributed by atoms with Gasteiger partial charge in [-0.2, -0.15) is 0 Å². The molecule has 0 saturated carbocycles. The number of aryl methyl sites for hydroxylation is 1. The van der Waals surface area contributed by atoms with Crippen LogP contribution in [0.1, 0.15) is 16.7 Å². The second-order valence-corrected chi connectivity index (χ2v) is 6.00. The van der Waals surface area contributed by atoms with Crippen molar-refractivity contribution in [1.82, 2.24) is 5.32 Å². The molecule has 3 heteroatoms. The van der Waals surface area contributed by atoms with E-state index in [1.54, 1.807) is 0 Å². The summed E-state index contributed by atoms with van der Waals surface area (Å²) in [5.41, 5.74) is 5.12. The highest BCUT2D eigenvalue weighted by atomic mass is 79.9. The van der Waals surface area contributed by atoms with E-state index in [4.69, 9.17) is 0 Å². The molecule has 2 rings (SSSR count). The van der Waals surface area contributed by atoms with Crippen molar-refractivity contribution in [2.75, 3.05) is 19.0 Å². The summed E-state index contributed by atoms with van der Waals surface area (Å²) in [7, 11) is 4.09. The summed E-state index contributed by atoms with van der Waals surface area (Å²) in [5.74, 6) is 0. The summed E-state index contributed by atoms with van der Waals surface area (Å²) < 4.78 is 1.17.